The number of benzene rings is 2. The normalized spacial score (nSPS) is 17.6. The van der Waals surface area contributed by atoms with Gasteiger partial charge in [-0.1, -0.05) is 24.3 Å². The molecule has 10 nitrogen and oxygen atoms in total. The molecule has 0 radical (unpaired) electrons. The average Bonchev–Trinajstić information content (AvgIpc) is 3.43. The number of hydrogen-bond donors (Lipinski definition) is 3. The van der Waals surface area contributed by atoms with Gasteiger partial charge in [0.25, 0.3) is 0 Å². The Kier molecular flexibility index (Phi) is 5.06. The molecule has 2 unspecified atom stereocenters. The van der Waals surface area contributed by atoms with E-state index in [9.17, 15) is 20.0 Å². The zero-order chi connectivity index (χ0) is 23.1. The molecule has 0 saturated heterocycles. The smallest absolute Gasteiger partial charge is 0.321 e. The molecule has 10 heteroatoms. The van der Waals surface area contributed by atoms with Crippen molar-refractivity contribution in [1.29, 1.82) is 0 Å². The SMILES string of the molecule is COc1ccc(C2NC(C(=O)O)Cc3c2[nH]c2ccccc32)cc1Cn1cc([N+](=O)[O-])cn1. The predicted molar refractivity (Wildman–Crippen MR) is 119 cm³/mol. The first-order chi connectivity index (χ1) is 15.9. The van der Waals surface area contributed by atoms with Gasteiger partial charge in [-0.05, 0) is 29.3 Å². The number of carboxylic acid groups (broad SMARTS) is 1. The van der Waals surface area contributed by atoms with E-state index in [1.807, 2.05) is 42.5 Å². The van der Waals surface area contributed by atoms with Crippen molar-refractivity contribution in [2.75, 3.05) is 7.11 Å². The number of rotatable bonds is 6. The van der Waals surface area contributed by atoms with Crippen LogP contribution in [0.2, 0.25) is 0 Å². The second-order valence-electron chi connectivity index (χ2n) is 7.98. The van der Waals surface area contributed by atoms with Gasteiger partial charge >= 0.3 is 11.7 Å². The molecule has 0 aliphatic carbocycles. The first kappa shape index (κ1) is 20.7. The van der Waals surface area contributed by atoms with Gasteiger partial charge in [-0.3, -0.25) is 24.9 Å². The molecule has 0 fully saturated rings. The fourth-order valence-corrected chi connectivity index (χ4v) is 4.47. The number of fused-ring (bicyclic) bond motifs is 3. The number of aromatic nitrogens is 3. The minimum absolute atomic E-state index is 0.0916. The van der Waals surface area contributed by atoms with E-state index in [-0.39, 0.29) is 18.3 Å². The highest BCUT2D eigenvalue weighted by atomic mass is 16.6. The number of hydrogen-bond acceptors (Lipinski definition) is 6. The molecule has 4 aromatic rings. The van der Waals surface area contributed by atoms with Crippen LogP contribution >= 0.6 is 0 Å². The number of methoxy groups -OCH3 is 1. The topological polar surface area (TPSA) is 135 Å². The summed E-state index contributed by atoms with van der Waals surface area (Å²) in [5, 5.41) is 29.1. The van der Waals surface area contributed by atoms with Crippen molar-refractivity contribution in [1.82, 2.24) is 20.1 Å². The molecule has 0 bridgehead atoms. The first-order valence-corrected chi connectivity index (χ1v) is 10.4. The van der Waals surface area contributed by atoms with Crippen LogP contribution in [0.3, 0.4) is 0 Å². The Bertz CT molecular complexity index is 1370. The number of nitrogens with zero attached hydrogens (tertiary/aromatic N) is 3. The molecule has 3 N–H and O–H groups in total. The van der Waals surface area contributed by atoms with Crippen molar-refractivity contribution < 1.29 is 19.6 Å². The number of nitro groups is 1. The van der Waals surface area contributed by atoms with Crippen LogP contribution in [0, 0.1) is 10.1 Å². The van der Waals surface area contributed by atoms with Crippen molar-refractivity contribution in [2.45, 2.75) is 25.0 Å². The maximum Gasteiger partial charge on any atom is 0.321 e. The van der Waals surface area contributed by atoms with Crippen LogP contribution in [0.1, 0.15) is 28.4 Å². The number of aliphatic carboxylic acids is 1. The van der Waals surface area contributed by atoms with E-state index in [4.69, 9.17) is 4.74 Å². The summed E-state index contributed by atoms with van der Waals surface area (Å²) >= 11 is 0. The van der Waals surface area contributed by atoms with Gasteiger partial charge in [-0.15, -0.1) is 0 Å². The Balaban J connectivity index is 1.57. The molecule has 0 amide bonds. The third-order valence-electron chi connectivity index (χ3n) is 6.01. The molecule has 3 heterocycles. The highest BCUT2D eigenvalue weighted by Crippen LogP contribution is 2.36. The molecule has 33 heavy (non-hydrogen) atoms. The summed E-state index contributed by atoms with van der Waals surface area (Å²) in [4.78, 5) is 25.9. The third-order valence-corrected chi connectivity index (χ3v) is 6.01. The zero-order valence-corrected chi connectivity index (χ0v) is 17.7. The molecule has 1 aliphatic heterocycles. The number of H-pyrrole nitrogens is 1. The van der Waals surface area contributed by atoms with Gasteiger partial charge in [0.15, 0.2) is 0 Å². The molecule has 5 rings (SSSR count). The van der Waals surface area contributed by atoms with Gasteiger partial charge in [-0.2, -0.15) is 5.10 Å². The van der Waals surface area contributed by atoms with E-state index in [1.54, 1.807) is 7.11 Å². The minimum atomic E-state index is -0.909. The fraction of sp³-hybridized carbons (Fsp3) is 0.217. The maximum absolute atomic E-state index is 11.9. The largest absolute Gasteiger partial charge is 0.496 e. The van der Waals surface area contributed by atoms with Crippen molar-refractivity contribution in [3.05, 3.63) is 87.4 Å². The van der Waals surface area contributed by atoms with E-state index in [0.29, 0.717) is 12.2 Å². The lowest BCUT2D eigenvalue weighted by molar-refractivity contribution is -0.385. The molecule has 2 aromatic heterocycles. The number of carbonyl (C=O) groups is 1. The van der Waals surface area contributed by atoms with Crippen molar-refractivity contribution >= 4 is 22.6 Å². The highest BCUT2D eigenvalue weighted by molar-refractivity contribution is 5.87. The van der Waals surface area contributed by atoms with E-state index >= 15 is 0 Å². The zero-order valence-electron chi connectivity index (χ0n) is 17.7. The molecule has 168 valence electrons. The van der Waals surface area contributed by atoms with Crippen LogP contribution in [0.25, 0.3) is 10.9 Å². The van der Waals surface area contributed by atoms with Crippen LogP contribution < -0.4 is 10.1 Å². The standard InChI is InChI=1S/C23H21N5O5/c1-33-20-7-6-13(8-14(20)11-27-12-15(10-24-27)28(31)32)21-22-17(9-19(26-21)23(29)30)16-4-2-3-5-18(16)25-22/h2-8,10,12,19,21,25-26H,9,11H2,1H3,(H,29,30). The Hall–Kier alpha value is -4.18. The Labute approximate surface area is 187 Å². The lowest BCUT2D eigenvalue weighted by Gasteiger charge is -2.30. The molecule has 2 atom stereocenters. The summed E-state index contributed by atoms with van der Waals surface area (Å²) in [6, 6.07) is 12.4. The number of ether oxygens (including phenoxy) is 1. The van der Waals surface area contributed by atoms with Crippen LogP contribution in [0.15, 0.2) is 54.9 Å². The summed E-state index contributed by atoms with van der Waals surface area (Å²) in [6.07, 6.45) is 2.94. The summed E-state index contributed by atoms with van der Waals surface area (Å²) in [5.41, 5.74) is 4.40. The average molecular weight is 447 g/mol. The predicted octanol–water partition coefficient (Wildman–Crippen LogP) is 3.02. The lowest BCUT2D eigenvalue weighted by Crippen LogP contribution is -2.45. The second kappa shape index (κ2) is 8.06. The monoisotopic (exact) mass is 447 g/mol. The fourth-order valence-electron chi connectivity index (χ4n) is 4.47. The third kappa shape index (κ3) is 3.70. The number of nitrogens with one attached hydrogen (secondary N) is 2. The second-order valence-corrected chi connectivity index (χ2v) is 7.98. The Morgan fingerprint density at radius 2 is 2.15 bits per heavy atom. The first-order valence-electron chi connectivity index (χ1n) is 10.4. The van der Waals surface area contributed by atoms with E-state index in [0.717, 1.165) is 33.3 Å². The lowest BCUT2D eigenvalue weighted by atomic mass is 9.89. The van der Waals surface area contributed by atoms with Crippen LogP contribution in [-0.4, -0.2) is 43.9 Å². The van der Waals surface area contributed by atoms with Gasteiger partial charge in [0.2, 0.25) is 0 Å². The van der Waals surface area contributed by atoms with Crippen molar-refractivity contribution in [3.63, 3.8) is 0 Å². The maximum atomic E-state index is 11.9. The Morgan fingerprint density at radius 3 is 2.88 bits per heavy atom. The van der Waals surface area contributed by atoms with Crippen molar-refractivity contribution in [2.24, 2.45) is 0 Å². The van der Waals surface area contributed by atoms with Gasteiger partial charge in [0, 0.05) is 28.6 Å². The number of para-hydroxylation sites is 1. The quantitative estimate of drug-likeness (QED) is 0.305. The Morgan fingerprint density at radius 1 is 1.33 bits per heavy atom. The molecule has 0 spiro atoms. The summed E-state index contributed by atoms with van der Waals surface area (Å²) in [6.45, 7) is 0.263. The van der Waals surface area contributed by atoms with Crippen LogP contribution in [-0.2, 0) is 17.8 Å². The van der Waals surface area contributed by atoms with E-state index in [2.05, 4.69) is 15.4 Å². The molecule has 2 aromatic carbocycles. The summed E-state index contributed by atoms with van der Waals surface area (Å²) in [5.74, 6) is -0.298. The van der Waals surface area contributed by atoms with Gasteiger partial charge in [0.1, 0.15) is 24.2 Å². The van der Waals surface area contributed by atoms with Crippen LogP contribution in [0.4, 0.5) is 5.69 Å². The van der Waals surface area contributed by atoms with E-state index < -0.39 is 16.9 Å². The van der Waals surface area contributed by atoms with Crippen LogP contribution in [0.5, 0.6) is 5.75 Å². The summed E-state index contributed by atoms with van der Waals surface area (Å²) in [7, 11) is 1.55. The highest BCUT2D eigenvalue weighted by Gasteiger charge is 2.34. The van der Waals surface area contributed by atoms with Gasteiger partial charge in [0.05, 0.1) is 24.6 Å². The van der Waals surface area contributed by atoms with Crippen molar-refractivity contribution in [3.8, 4) is 5.75 Å². The number of carboxylic acids is 1. The minimum Gasteiger partial charge on any atom is -0.496 e. The molecular formula is C23H21N5O5. The van der Waals surface area contributed by atoms with Gasteiger partial charge in [-0.25, -0.2) is 0 Å². The van der Waals surface area contributed by atoms with Gasteiger partial charge < -0.3 is 14.8 Å². The molecule has 0 saturated carbocycles. The molecular weight excluding hydrogens is 426 g/mol. The molecule has 1 aliphatic rings. The van der Waals surface area contributed by atoms with E-state index in [1.165, 1.54) is 17.1 Å². The number of aromatic amines is 1. The summed E-state index contributed by atoms with van der Waals surface area (Å²) < 4.78 is 6.97.